The Morgan fingerprint density at radius 3 is 2.50 bits per heavy atom. The van der Waals surface area contributed by atoms with Gasteiger partial charge in [-0.1, -0.05) is 31.5 Å². The maximum absolute atomic E-state index is 13.4. The van der Waals surface area contributed by atoms with Crippen molar-refractivity contribution >= 4 is 0 Å². The van der Waals surface area contributed by atoms with Gasteiger partial charge in [0, 0.05) is 12.2 Å². The fraction of sp³-hybridized carbons (Fsp3) is 0.538. The Morgan fingerprint density at radius 1 is 1.28 bits per heavy atom. The van der Waals surface area contributed by atoms with Crippen LogP contribution in [0.2, 0.25) is 0 Å². The van der Waals surface area contributed by atoms with Crippen LogP contribution in [0.25, 0.3) is 0 Å². The van der Waals surface area contributed by atoms with Gasteiger partial charge in [0.05, 0.1) is 0 Å². The molecule has 1 aromatic rings. The molecule has 2 nitrogen and oxygen atoms in total. The molecule has 0 aromatic heterocycles. The maximum atomic E-state index is 13.4. The molecule has 1 N–H and O–H groups in total. The van der Waals surface area contributed by atoms with E-state index in [1.807, 2.05) is 6.92 Å². The van der Waals surface area contributed by atoms with Crippen LogP contribution in [0.3, 0.4) is 0 Å². The molecular formula is C13H17F3O2. The highest BCUT2D eigenvalue weighted by Gasteiger charge is 2.31. The van der Waals surface area contributed by atoms with Gasteiger partial charge in [0.1, 0.15) is 18.0 Å². The van der Waals surface area contributed by atoms with Gasteiger partial charge in [0.25, 0.3) is 6.43 Å². The highest BCUT2D eigenvalue weighted by Crippen LogP contribution is 2.26. The molecule has 0 aliphatic rings. The lowest BCUT2D eigenvalue weighted by Gasteiger charge is -2.23. The number of alkyl halides is 2. The van der Waals surface area contributed by atoms with E-state index >= 15 is 0 Å². The molecule has 0 aliphatic heterocycles. The number of ether oxygens (including phenoxy) is 1. The number of aliphatic hydroxyl groups excluding tert-OH is 1. The van der Waals surface area contributed by atoms with E-state index in [2.05, 4.69) is 0 Å². The maximum Gasteiger partial charge on any atom is 0.267 e. The summed E-state index contributed by atoms with van der Waals surface area (Å²) in [5.41, 5.74) is -0.167. The lowest BCUT2D eigenvalue weighted by Crippen LogP contribution is -2.30. The molecule has 0 bridgehead atoms. The zero-order chi connectivity index (χ0) is 13.5. The lowest BCUT2D eigenvalue weighted by molar-refractivity contribution is -0.117. The molecule has 1 rings (SSSR count). The molecule has 0 radical (unpaired) electrons. The second-order valence-electron chi connectivity index (χ2n) is 3.99. The molecule has 2 atom stereocenters. The number of benzene rings is 1. The summed E-state index contributed by atoms with van der Waals surface area (Å²) in [5, 5.41) is 9.79. The minimum Gasteiger partial charge on any atom is -0.385 e. The fourth-order valence-corrected chi connectivity index (χ4v) is 1.56. The number of aliphatic hydroxyl groups is 1. The first-order chi connectivity index (χ1) is 8.57. The van der Waals surface area contributed by atoms with Gasteiger partial charge in [0.2, 0.25) is 0 Å². The molecule has 0 saturated heterocycles. The van der Waals surface area contributed by atoms with E-state index in [1.54, 1.807) is 0 Å². The van der Waals surface area contributed by atoms with Crippen molar-refractivity contribution in [3.63, 3.8) is 0 Å². The van der Waals surface area contributed by atoms with Crippen LogP contribution in [0, 0.1) is 5.82 Å². The van der Waals surface area contributed by atoms with E-state index in [4.69, 9.17) is 4.74 Å². The van der Waals surface area contributed by atoms with Gasteiger partial charge in [-0.05, 0) is 12.5 Å². The predicted octanol–water partition coefficient (Wildman–Crippen LogP) is 3.31. The van der Waals surface area contributed by atoms with Crippen molar-refractivity contribution in [3.8, 4) is 0 Å². The zero-order valence-corrected chi connectivity index (χ0v) is 10.2. The molecule has 0 spiro atoms. The molecule has 0 aliphatic carbocycles. The first-order valence-corrected chi connectivity index (χ1v) is 5.90. The smallest absolute Gasteiger partial charge is 0.267 e. The van der Waals surface area contributed by atoms with Gasteiger partial charge in [0.15, 0.2) is 0 Å². The predicted molar refractivity (Wildman–Crippen MR) is 62.0 cm³/mol. The van der Waals surface area contributed by atoms with Gasteiger partial charge < -0.3 is 9.84 Å². The van der Waals surface area contributed by atoms with Crippen LogP contribution in [-0.4, -0.2) is 24.2 Å². The highest BCUT2D eigenvalue weighted by molar-refractivity contribution is 5.20. The van der Waals surface area contributed by atoms with Crippen molar-refractivity contribution in [2.75, 3.05) is 6.61 Å². The topological polar surface area (TPSA) is 29.5 Å². The van der Waals surface area contributed by atoms with Gasteiger partial charge in [-0.3, -0.25) is 0 Å². The third-order valence-electron chi connectivity index (χ3n) is 2.59. The molecule has 0 amide bonds. The van der Waals surface area contributed by atoms with Gasteiger partial charge in [-0.25, -0.2) is 13.2 Å². The van der Waals surface area contributed by atoms with Gasteiger partial charge in [-0.15, -0.1) is 0 Å². The Labute approximate surface area is 104 Å². The van der Waals surface area contributed by atoms with Crippen LogP contribution < -0.4 is 0 Å². The fourth-order valence-electron chi connectivity index (χ4n) is 1.56. The van der Waals surface area contributed by atoms with Crippen LogP contribution in [0.5, 0.6) is 0 Å². The van der Waals surface area contributed by atoms with E-state index in [0.717, 1.165) is 12.5 Å². The number of hydrogen-bond acceptors (Lipinski definition) is 2. The summed E-state index contributed by atoms with van der Waals surface area (Å²) in [7, 11) is 0. The summed E-state index contributed by atoms with van der Waals surface area (Å²) >= 11 is 0. The summed E-state index contributed by atoms with van der Waals surface area (Å²) in [6.07, 6.45) is -4.81. The average molecular weight is 262 g/mol. The molecule has 18 heavy (non-hydrogen) atoms. The SMILES string of the molecule is CCCCO[C@H](C(F)F)[C@H](O)c1ccccc1F. The van der Waals surface area contributed by atoms with Gasteiger partial charge in [-0.2, -0.15) is 0 Å². The first-order valence-electron chi connectivity index (χ1n) is 5.90. The Bertz CT molecular complexity index is 358. The van der Waals surface area contributed by atoms with Crippen LogP contribution >= 0.6 is 0 Å². The van der Waals surface area contributed by atoms with Crippen molar-refractivity contribution in [2.45, 2.75) is 38.4 Å². The second kappa shape index (κ2) is 7.38. The molecule has 5 heteroatoms. The third-order valence-corrected chi connectivity index (χ3v) is 2.59. The van der Waals surface area contributed by atoms with E-state index in [-0.39, 0.29) is 12.2 Å². The van der Waals surface area contributed by atoms with Crippen molar-refractivity contribution in [3.05, 3.63) is 35.6 Å². The largest absolute Gasteiger partial charge is 0.385 e. The molecule has 0 heterocycles. The van der Waals surface area contributed by atoms with E-state index in [9.17, 15) is 18.3 Å². The van der Waals surface area contributed by atoms with Crippen molar-refractivity contribution in [1.82, 2.24) is 0 Å². The zero-order valence-electron chi connectivity index (χ0n) is 10.2. The highest BCUT2D eigenvalue weighted by atomic mass is 19.3. The number of halogens is 3. The number of unbranched alkanes of at least 4 members (excludes halogenated alkanes) is 1. The van der Waals surface area contributed by atoms with Crippen molar-refractivity contribution in [2.24, 2.45) is 0 Å². The average Bonchev–Trinajstić information content (AvgIpc) is 2.34. The molecule has 102 valence electrons. The summed E-state index contributed by atoms with van der Waals surface area (Å²) in [4.78, 5) is 0. The van der Waals surface area contributed by atoms with Crippen molar-refractivity contribution < 1.29 is 23.0 Å². The summed E-state index contributed by atoms with van der Waals surface area (Å²) in [6.45, 7) is 2.02. The quantitative estimate of drug-likeness (QED) is 0.764. The third kappa shape index (κ3) is 3.99. The molecule has 0 fully saturated rings. The van der Waals surface area contributed by atoms with Crippen LogP contribution in [-0.2, 0) is 4.74 Å². The monoisotopic (exact) mass is 262 g/mol. The van der Waals surface area contributed by atoms with Gasteiger partial charge >= 0.3 is 0 Å². The van der Waals surface area contributed by atoms with Crippen LogP contribution in [0.1, 0.15) is 31.4 Å². The normalized spacial score (nSPS) is 14.8. The van der Waals surface area contributed by atoms with E-state index in [1.165, 1.54) is 18.2 Å². The van der Waals surface area contributed by atoms with Crippen LogP contribution in [0.4, 0.5) is 13.2 Å². The Kier molecular flexibility index (Phi) is 6.15. The summed E-state index contributed by atoms with van der Waals surface area (Å²) in [6, 6.07) is 5.31. The summed E-state index contributed by atoms with van der Waals surface area (Å²) < 4.78 is 43.9. The Balaban J connectivity index is 2.76. The lowest BCUT2D eigenvalue weighted by atomic mass is 10.0. The van der Waals surface area contributed by atoms with E-state index < -0.39 is 24.5 Å². The number of rotatable bonds is 7. The minimum absolute atomic E-state index is 0.122. The molecule has 0 unspecified atom stereocenters. The van der Waals surface area contributed by atoms with E-state index in [0.29, 0.717) is 6.42 Å². The van der Waals surface area contributed by atoms with Crippen molar-refractivity contribution in [1.29, 1.82) is 0 Å². The molecular weight excluding hydrogens is 245 g/mol. The second-order valence-corrected chi connectivity index (χ2v) is 3.99. The summed E-state index contributed by atoms with van der Waals surface area (Å²) in [5.74, 6) is -0.713. The Morgan fingerprint density at radius 2 is 1.94 bits per heavy atom. The minimum atomic E-state index is -2.86. The molecule has 1 aromatic carbocycles. The Hall–Kier alpha value is -1.07. The van der Waals surface area contributed by atoms with Crippen LogP contribution in [0.15, 0.2) is 24.3 Å². The standard InChI is InChI=1S/C13H17F3O2/c1-2-3-8-18-12(13(15)16)11(17)9-6-4-5-7-10(9)14/h4-7,11-13,17H,2-3,8H2,1H3/t11-,12+/m1/s1. The number of hydrogen-bond donors (Lipinski definition) is 1. The molecule has 0 saturated carbocycles. The first kappa shape index (κ1) is 15.0.